The number of aromatic nitrogens is 3. The van der Waals surface area contributed by atoms with E-state index in [1.165, 1.54) is 11.0 Å². The van der Waals surface area contributed by atoms with E-state index in [0.29, 0.717) is 13.2 Å². The molecule has 1 aromatic rings. The van der Waals surface area contributed by atoms with Crippen LogP contribution in [-0.4, -0.2) is 34.1 Å². The monoisotopic (exact) mass is 245 g/mol. The first-order valence-electron chi connectivity index (χ1n) is 5.09. The molecule has 1 aromatic heterocycles. The van der Waals surface area contributed by atoms with Crippen molar-refractivity contribution in [3.63, 3.8) is 0 Å². The van der Waals surface area contributed by atoms with Crippen LogP contribution in [0, 0.1) is 0 Å². The number of rotatable bonds is 7. The molecule has 16 heavy (non-hydrogen) atoms. The van der Waals surface area contributed by atoms with E-state index >= 15 is 0 Å². The Labute approximate surface area is 94.8 Å². The van der Waals surface area contributed by atoms with Crippen molar-refractivity contribution in [3.8, 4) is 0 Å². The highest BCUT2D eigenvalue weighted by molar-refractivity contribution is 7.54. The first-order chi connectivity index (χ1) is 7.70. The standard InChI is InChI=1S/C9H16N3O3P/c1-3-14-16(13,15-4-2)7-5-6-12-9-10-8-11-12/h5-6,8-9H,3-4,7H2,1-2H3. The zero-order chi connectivity index (χ0) is 11.9. The lowest BCUT2D eigenvalue weighted by molar-refractivity contribution is 0.222. The Morgan fingerprint density at radius 3 is 2.56 bits per heavy atom. The number of allylic oxidation sites excluding steroid dienone is 1. The van der Waals surface area contributed by atoms with Gasteiger partial charge in [-0.15, -0.1) is 0 Å². The van der Waals surface area contributed by atoms with Gasteiger partial charge in [-0.2, -0.15) is 5.10 Å². The average molecular weight is 245 g/mol. The molecule has 0 aliphatic rings. The third kappa shape index (κ3) is 4.26. The summed E-state index contributed by atoms with van der Waals surface area (Å²) in [6.45, 7) is 4.31. The summed E-state index contributed by atoms with van der Waals surface area (Å²) >= 11 is 0. The normalized spacial score (nSPS) is 12.4. The van der Waals surface area contributed by atoms with Crippen LogP contribution in [0.15, 0.2) is 18.7 Å². The Morgan fingerprint density at radius 1 is 1.38 bits per heavy atom. The maximum Gasteiger partial charge on any atom is 0.334 e. The van der Waals surface area contributed by atoms with Gasteiger partial charge in [-0.3, -0.25) is 4.57 Å². The van der Waals surface area contributed by atoms with E-state index in [2.05, 4.69) is 10.1 Å². The molecule has 0 unspecified atom stereocenters. The zero-order valence-electron chi connectivity index (χ0n) is 9.44. The molecule has 0 saturated heterocycles. The number of hydrogen-bond donors (Lipinski definition) is 0. The highest BCUT2D eigenvalue weighted by Crippen LogP contribution is 2.47. The SMILES string of the molecule is CCOP(=O)(CC=Cn1cncn1)OCC. The average Bonchev–Trinajstić information content (AvgIpc) is 2.71. The van der Waals surface area contributed by atoms with Gasteiger partial charge in [-0.25, -0.2) is 9.67 Å². The lowest BCUT2D eigenvalue weighted by Gasteiger charge is -2.14. The molecule has 0 saturated carbocycles. The molecule has 7 heteroatoms. The maximum atomic E-state index is 12.0. The van der Waals surface area contributed by atoms with E-state index in [1.54, 1.807) is 32.5 Å². The predicted molar refractivity (Wildman–Crippen MR) is 61.1 cm³/mol. The van der Waals surface area contributed by atoms with Crippen molar-refractivity contribution < 1.29 is 13.6 Å². The third-order valence-corrected chi connectivity index (χ3v) is 3.64. The second-order valence-corrected chi connectivity index (χ2v) is 4.99. The minimum absolute atomic E-state index is 0.231. The summed E-state index contributed by atoms with van der Waals surface area (Å²) in [6.07, 6.45) is 6.56. The smallest absolute Gasteiger partial charge is 0.309 e. The lowest BCUT2D eigenvalue weighted by atomic mass is 10.7. The molecule has 0 aliphatic carbocycles. The van der Waals surface area contributed by atoms with Crippen LogP contribution in [0.25, 0.3) is 6.20 Å². The second-order valence-electron chi connectivity index (χ2n) is 2.89. The van der Waals surface area contributed by atoms with Crippen molar-refractivity contribution in [2.75, 3.05) is 19.4 Å². The molecule has 0 N–H and O–H groups in total. The Hall–Kier alpha value is -0.970. The highest BCUT2D eigenvalue weighted by Gasteiger charge is 2.20. The van der Waals surface area contributed by atoms with Gasteiger partial charge in [0.25, 0.3) is 0 Å². The van der Waals surface area contributed by atoms with E-state index in [4.69, 9.17) is 9.05 Å². The van der Waals surface area contributed by atoms with E-state index in [1.807, 2.05) is 0 Å². The summed E-state index contributed by atoms with van der Waals surface area (Å²) in [7, 11) is -2.99. The van der Waals surface area contributed by atoms with Crippen LogP contribution < -0.4 is 0 Å². The van der Waals surface area contributed by atoms with Crippen molar-refractivity contribution in [2.45, 2.75) is 13.8 Å². The first-order valence-corrected chi connectivity index (χ1v) is 6.82. The highest BCUT2D eigenvalue weighted by atomic mass is 31.2. The van der Waals surface area contributed by atoms with Gasteiger partial charge in [-0.05, 0) is 13.8 Å². The molecule has 0 aliphatic heterocycles. The molecular formula is C9H16N3O3P. The topological polar surface area (TPSA) is 66.2 Å². The molecule has 0 aromatic carbocycles. The van der Waals surface area contributed by atoms with E-state index in [-0.39, 0.29) is 6.16 Å². The largest absolute Gasteiger partial charge is 0.334 e. The van der Waals surface area contributed by atoms with Crippen molar-refractivity contribution in [2.24, 2.45) is 0 Å². The van der Waals surface area contributed by atoms with Crippen LogP contribution in [-0.2, 0) is 13.6 Å². The molecule has 1 heterocycles. The van der Waals surface area contributed by atoms with Gasteiger partial charge in [0.15, 0.2) is 0 Å². The second kappa shape index (κ2) is 6.58. The summed E-state index contributed by atoms with van der Waals surface area (Å²) in [6, 6.07) is 0. The fourth-order valence-corrected chi connectivity index (χ4v) is 2.54. The quantitative estimate of drug-likeness (QED) is 0.687. The molecule has 90 valence electrons. The Kier molecular flexibility index (Phi) is 5.38. The minimum atomic E-state index is -2.99. The van der Waals surface area contributed by atoms with Crippen LogP contribution in [0.4, 0.5) is 0 Å². The summed E-state index contributed by atoms with van der Waals surface area (Å²) in [5.74, 6) is 0. The lowest BCUT2D eigenvalue weighted by Crippen LogP contribution is -1.98. The van der Waals surface area contributed by atoms with Gasteiger partial charge >= 0.3 is 7.60 Å². The molecule has 0 spiro atoms. The minimum Gasteiger partial charge on any atom is -0.309 e. The summed E-state index contributed by atoms with van der Waals surface area (Å²) < 4.78 is 23.8. The summed E-state index contributed by atoms with van der Waals surface area (Å²) in [5, 5.41) is 3.88. The van der Waals surface area contributed by atoms with Crippen molar-refractivity contribution in [1.29, 1.82) is 0 Å². The molecule has 0 fully saturated rings. The Bertz CT molecular complexity index is 354. The fourth-order valence-electron chi connectivity index (χ4n) is 1.11. The summed E-state index contributed by atoms with van der Waals surface area (Å²) in [4.78, 5) is 3.78. The van der Waals surface area contributed by atoms with Crippen LogP contribution >= 0.6 is 7.60 Å². The van der Waals surface area contributed by atoms with Gasteiger partial charge in [-0.1, -0.05) is 6.08 Å². The van der Waals surface area contributed by atoms with Crippen molar-refractivity contribution in [1.82, 2.24) is 14.8 Å². The molecule has 6 nitrogen and oxygen atoms in total. The van der Waals surface area contributed by atoms with Gasteiger partial charge in [0.05, 0.1) is 19.4 Å². The number of nitrogens with zero attached hydrogens (tertiary/aromatic N) is 3. The Morgan fingerprint density at radius 2 is 2.06 bits per heavy atom. The molecule has 0 atom stereocenters. The summed E-state index contributed by atoms with van der Waals surface area (Å²) in [5.41, 5.74) is 0. The van der Waals surface area contributed by atoms with Crippen LogP contribution in [0.2, 0.25) is 0 Å². The molecule has 1 rings (SSSR count). The van der Waals surface area contributed by atoms with Crippen LogP contribution in [0.3, 0.4) is 0 Å². The van der Waals surface area contributed by atoms with Gasteiger partial charge in [0, 0.05) is 6.20 Å². The zero-order valence-corrected chi connectivity index (χ0v) is 10.3. The predicted octanol–water partition coefficient (Wildman–Crippen LogP) is 2.01. The van der Waals surface area contributed by atoms with Gasteiger partial charge in [0.1, 0.15) is 12.7 Å². The molecule has 0 bridgehead atoms. The third-order valence-electron chi connectivity index (χ3n) is 1.68. The Balaban J connectivity index is 2.53. The molecule has 0 amide bonds. The van der Waals surface area contributed by atoms with E-state index in [9.17, 15) is 4.57 Å². The van der Waals surface area contributed by atoms with Gasteiger partial charge in [0.2, 0.25) is 0 Å². The van der Waals surface area contributed by atoms with Crippen molar-refractivity contribution in [3.05, 3.63) is 18.7 Å². The first kappa shape index (κ1) is 13.1. The molecular weight excluding hydrogens is 229 g/mol. The maximum absolute atomic E-state index is 12.0. The van der Waals surface area contributed by atoms with Crippen LogP contribution in [0.5, 0.6) is 0 Å². The van der Waals surface area contributed by atoms with Gasteiger partial charge < -0.3 is 9.05 Å². The number of hydrogen-bond acceptors (Lipinski definition) is 5. The van der Waals surface area contributed by atoms with Crippen LogP contribution in [0.1, 0.15) is 13.8 Å². The van der Waals surface area contributed by atoms with E-state index < -0.39 is 7.60 Å². The van der Waals surface area contributed by atoms with E-state index in [0.717, 1.165) is 0 Å². The fraction of sp³-hybridized carbons (Fsp3) is 0.556. The molecule has 0 radical (unpaired) electrons. The van der Waals surface area contributed by atoms with Crippen molar-refractivity contribution >= 4 is 13.8 Å².